The van der Waals surface area contributed by atoms with Gasteiger partial charge in [-0.15, -0.1) is 0 Å². The van der Waals surface area contributed by atoms with Gasteiger partial charge in [-0.2, -0.15) is 0 Å². The first-order valence-corrected chi connectivity index (χ1v) is 18.8. The predicted octanol–water partition coefficient (Wildman–Crippen LogP) is 8.43. The Kier molecular flexibility index (Phi) is 11.2. The van der Waals surface area contributed by atoms with Gasteiger partial charge in [0.05, 0.1) is 6.10 Å². The third kappa shape index (κ3) is 9.56. The lowest BCUT2D eigenvalue weighted by atomic mass is 9.93. The Balaban J connectivity index is 2.95. The highest BCUT2D eigenvalue weighted by molar-refractivity contribution is 6.74. The van der Waals surface area contributed by atoms with E-state index in [0.717, 1.165) is 6.42 Å². The lowest BCUT2D eigenvalue weighted by Gasteiger charge is -2.43. The van der Waals surface area contributed by atoms with Gasteiger partial charge in [0.2, 0.25) is 0 Å². The standard InChI is InChI=1S/C29H52O3Si2/c1-23(18-20-26(30)21-19-25-16-14-13-15-17-25)27(32-34(11,12)29(6,7)8)24(2)22-31-33(9,10)28(3,4)5/h13-18,20,23-24,27H,19,21-22H2,1-12H3/b20-18+/t23-,24+,27+/m1/s1. The highest BCUT2D eigenvalue weighted by Crippen LogP contribution is 2.40. The summed E-state index contributed by atoms with van der Waals surface area (Å²) >= 11 is 0. The van der Waals surface area contributed by atoms with Crippen LogP contribution in [0.4, 0.5) is 0 Å². The Morgan fingerprint density at radius 1 is 0.912 bits per heavy atom. The Labute approximate surface area is 213 Å². The van der Waals surface area contributed by atoms with Crippen molar-refractivity contribution in [1.29, 1.82) is 0 Å². The van der Waals surface area contributed by atoms with Crippen molar-refractivity contribution in [2.75, 3.05) is 6.61 Å². The number of hydrogen-bond donors (Lipinski definition) is 0. The molecule has 1 aromatic rings. The molecule has 3 atom stereocenters. The van der Waals surface area contributed by atoms with Crippen LogP contribution in [0.2, 0.25) is 36.3 Å². The summed E-state index contributed by atoms with van der Waals surface area (Å²) in [7, 11) is -3.82. The van der Waals surface area contributed by atoms with E-state index >= 15 is 0 Å². The van der Waals surface area contributed by atoms with E-state index in [1.807, 2.05) is 18.2 Å². The molecule has 1 rings (SSSR count). The Hall–Kier alpha value is -1.02. The molecule has 0 spiro atoms. The molecule has 194 valence electrons. The van der Waals surface area contributed by atoms with Gasteiger partial charge < -0.3 is 8.85 Å². The fourth-order valence-corrected chi connectivity index (χ4v) is 5.87. The third-order valence-corrected chi connectivity index (χ3v) is 16.9. The summed E-state index contributed by atoms with van der Waals surface area (Å²) in [6, 6.07) is 10.2. The smallest absolute Gasteiger partial charge is 0.192 e. The van der Waals surface area contributed by atoms with Crippen LogP contribution < -0.4 is 0 Å². The fraction of sp³-hybridized carbons (Fsp3) is 0.690. The first-order valence-electron chi connectivity index (χ1n) is 12.9. The summed E-state index contributed by atoms with van der Waals surface area (Å²) in [5.41, 5.74) is 1.20. The first kappa shape index (κ1) is 31.0. The Morgan fingerprint density at radius 3 is 1.94 bits per heavy atom. The van der Waals surface area contributed by atoms with Crippen LogP contribution in [0.3, 0.4) is 0 Å². The van der Waals surface area contributed by atoms with E-state index in [4.69, 9.17) is 8.85 Å². The van der Waals surface area contributed by atoms with Gasteiger partial charge in [-0.25, -0.2) is 0 Å². The molecular weight excluding hydrogens is 452 g/mol. The van der Waals surface area contributed by atoms with Gasteiger partial charge in [-0.3, -0.25) is 4.79 Å². The summed E-state index contributed by atoms with van der Waals surface area (Å²) in [5.74, 6) is 0.544. The van der Waals surface area contributed by atoms with Crippen LogP contribution in [0.5, 0.6) is 0 Å². The highest BCUT2D eigenvalue weighted by Gasteiger charge is 2.42. The van der Waals surface area contributed by atoms with Crippen LogP contribution in [-0.4, -0.2) is 35.1 Å². The van der Waals surface area contributed by atoms with Crippen molar-refractivity contribution in [3.8, 4) is 0 Å². The molecule has 3 nitrogen and oxygen atoms in total. The number of ketones is 1. The normalized spacial score (nSPS) is 16.5. The van der Waals surface area contributed by atoms with Gasteiger partial charge >= 0.3 is 0 Å². The molecule has 0 saturated heterocycles. The lowest BCUT2D eigenvalue weighted by molar-refractivity contribution is -0.114. The first-order chi connectivity index (χ1) is 15.4. The third-order valence-electron chi connectivity index (χ3n) is 7.92. The van der Waals surface area contributed by atoms with Crippen LogP contribution in [-0.2, 0) is 20.1 Å². The molecule has 0 aromatic heterocycles. The van der Waals surface area contributed by atoms with Crippen molar-refractivity contribution in [2.45, 2.75) is 111 Å². The average molecular weight is 505 g/mol. The van der Waals surface area contributed by atoms with Crippen molar-refractivity contribution < 1.29 is 13.6 Å². The molecule has 0 heterocycles. The average Bonchev–Trinajstić information content (AvgIpc) is 2.71. The summed E-state index contributed by atoms with van der Waals surface area (Å²) in [5, 5.41) is 0.305. The Bertz CT molecular complexity index is 786. The van der Waals surface area contributed by atoms with Gasteiger partial charge in [0, 0.05) is 18.9 Å². The minimum atomic E-state index is -1.98. The largest absolute Gasteiger partial charge is 0.416 e. The summed E-state index contributed by atoms with van der Waals surface area (Å²) in [6.45, 7) is 28.0. The van der Waals surface area contributed by atoms with E-state index in [0.29, 0.717) is 13.0 Å². The second-order valence-corrected chi connectivity index (χ2v) is 22.6. The maximum atomic E-state index is 12.6. The van der Waals surface area contributed by atoms with Crippen LogP contribution in [0.15, 0.2) is 42.5 Å². The van der Waals surface area contributed by atoms with Crippen LogP contribution in [0.25, 0.3) is 0 Å². The Morgan fingerprint density at radius 2 is 1.44 bits per heavy atom. The number of carbonyl (C=O) groups is 1. The quantitative estimate of drug-likeness (QED) is 0.212. The molecular formula is C29H52O3Si2. The predicted molar refractivity (Wildman–Crippen MR) is 152 cm³/mol. The minimum Gasteiger partial charge on any atom is -0.416 e. The molecule has 0 aliphatic carbocycles. The van der Waals surface area contributed by atoms with Crippen molar-refractivity contribution in [3.05, 3.63) is 48.0 Å². The van der Waals surface area contributed by atoms with E-state index in [1.54, 1.807) is 6.08 Å². The van der Waals surface area contributed by atoms with Crippen LogP contribution in [0.1, 0.15) is 67.4 Å². The number of aryl methyl sites for hydroxylation is 1. The van der Waals surface area contributed by atoms with Gasteiger partial charge in [0.25, 0.3) is 0 Å². The molecule has 0 aliphatic heterocycles. The zero-order chi connectivity index (χ0) is 26.4. The van der Waals surface area contributed by atoms with Crippen molar-refractivity contribution in [3.63, 3.8) is 0 Å². The van der Waals surface area contributed by atoms with E-state index in [2.05, 4.69) is 99.8 Å². The van der Waals surface area contributed by atoms with E-state index in [1.165, 1.54) is 5.56 Å². The van der Waals surface area contributed by atoms with Crippen LogP contribution in [0, 0.1) is 11.8 Å². The topological polar surface area (TPSA) is 35.5 Å². The number of allylic oxidation sites excluding steroid dienone is 1. The maximum absolute atomic E-state index is 12.6. The number of rotatable bonds is 12. The summed E-state index contributed by atoms with van der Waals surface area (Å²) in [6.07, 6.45) is 5.17. The maximum Gasteiger partial charge on any atom is 0.192 e. The molecule has 0 aliphatic rings. The van der Waals surface area contributed by atoms with Crippen molar-refractivity contribution in [2.24, 2.45) is 11.8 Å². The second-order valence-electron chi connectivity index (χ2n) is 13.1. The molecule has 0 unspecified atom stereocenters. The molecule has 5 heteroatoms. The summed E-state index contributed by atoms with van der Waals surface area (Å²) in [4.78, 5) is 12.6. The van der Waals surface area contributed by atoms with Crippen LogP contribution >= 0.6 is 0 Å². The molecule has 0 saturated carbocycles. The zero-order valence-corrected chi connectivity index (χ0v) is 26.1. The summed E-state index contributed by atoms with van der Waals surface area (Å²) < 4.78 is 13.5. The number of benzene rings is 1. The molecule has 0 amide bonds. The minimum absolute atomic E-state index is 0.0174. The van der Waals surface area contributed by atoms with Gasteiger partial charge in [0.15, 0.2) is 22.4 Å². The molecule has 0 bridgehead atoms. The zero-order valence-electron chi connectivity index (χ0n) is 24.1. The fourth-order valence-electron chi connectivity index (χ4n) is 3.27. The van der Waals surface area contributed by atoms with Gasteiger partial charge in [0.1, 0.15) is 0 Å². The number of carbonyl (C=O) groups excluding carboxylic acids is 1. The molecule has 0 N–H and O–H groups in total. The van der Waals surface area contributed by atoms with E-state index < -0.39 is 16.6 Å². The van der Waals surface area contributed by atoms with Crippen molar-refractivity contribution in [1.82, 2.24) is 0 Å². The van der Waals surface area contributed by atoms with Crippen molar-refractivity contribution >= 4 is 22.4 Å². The van der Waals surface area contributed by atoms with E-state index in [9.17, 15) is 4.79 Å². The number of hydrogen-bond acceptors (Lipinski definition) is 3. The van der Waals surface area contributed by atoms with Gasteiger partial charge in [-0.05, 0) is 60.2 Å². The SMILES string of the molecule is C[C@H](/C=C/C(=O)CCc1ccccc1)[C@H](O[Si](C)(C)C(C)(C)C)[C@@H](C)CO[Si](C)(C)C(C)(C)C. The van der Waals surface area contributed by atoms with E-state index in [-0.39, 0.29) is 33.8 Å². The van der Waals surface area contributed by atoms with Gasteiger partial charge in [-0.1, -0.05) is 91.8 Å². The molecule has 0 radical (unpaired) electrons. The molecule has 1 aromatic carbocycles. The highest BCUT2D eigenvalue weighted by atomic mass is 28.4. The molecule has 0 fully saturated rings. The monoisotopic (exact) mass is 504 g/mol. The second kappa shape index (κ2) is 12.3. The molecule has 34 heavy (non-hydrogen) atoms. The lowest BCUT2D eigenvalue weighted by Crippen LogP contribution is -2.49.